The van der Waals surface area contributed by atoms with Gasteiger partial charge in [0.2, 0.25) is 0 Å². The van der Waals surface area contributed by atoms with Gasteiger partial charge in [0.05, 0.1) is 17.4 Å². The van der Waals surface area contributed by atoms with E-state index >= 15 is 0 Å². The predicted molar refractivity (Wildman–Crippen MR) is 94.8 cm³/mol. The Hall–Kier alpha value is -2.82. The van der Waals surface area contributed by atoms with E-state index in [1.807, 2.05) is 13.0 Å². The lowest BCUT2D eigenvalue weighted by atomic mass is 10.0. The van der Waals surface area contributed by atoms with Gasteiger partial charge in [0.25, 0.3) is 0 Å². The van der Waals surface area contributed by atoms with E-state index in [1.165, 1.54) is 6.20 Å². The lowest BCUT2D eigenvalue weighted by Crippen LogP contribution is -2.15. The summed E-state index contributed by atoms with van der Waals surface area (Å²) in [5.41, 5.74) is 3.18. The molecule has 26 heavy (non-hydrogen) atoms. The Morgan fingerprint density at radius 1 is 1.35 bits per heavy atom. The third-order valence-electron chi connectivity index (χ3n) is 4.02. The first kappa shape index (κ1) is 18.0. The zero-order valence-corrected chi connectivity index (χ0v) is 15.1. The number of nitrogens with zero attached hydrogens (tertiary/aromatic N) is 5. The van der Waals surface area contributed by atoms with Gasteiger partial charge in [0, 0.05) is 50.2 Å². The largest absolute Gasteiger partial charge is 0.375 e. The molecule has 0 aliphatic rings. The number of ether oxygens (including phenoxy) is 1. The highest BCUT2D eigenvalue weighted by Crippen LogP contribution is 2.23. The summed E-state index contributed by atoms with van der Waals surface area (Å²) in [5, 5.41) is 13.5. The van der Waals surface area contributed by atoms with E-state index in [4.69, 9.17) is 21.6 Å². The van der Waals surface area contributed by atoms with Gasteiger partial charge < -0.3 is 4.74 Å². The van der Waals surface area contributed by atoms with Crippen LogP contribution in [0.2, 0.25) is 5.15 Å². The number of hydrogen-bond acceptors (Lipinski definition) is 6. The number of pyridine rings is 1. The predicted octanol–water partition coefficient (Wildman–Crippen LogP) is 2.71. The molecule has 8 heteroatoms. The molecule has 0 saturated heterocycles. The first-order chi connectivity index (χ1) is 12.5. The molecule has 3 aromatic heterocycles. The molecule has 0 aliphatic carbocycles. The highest BCUT2D eigenvalue weighted by atomic mass is 35.5. The van der Waals surface area contributed by atoms with E-state index in [9.17, 15) is 4.79 Å². The van der Waals surface area contributed by atoms with Crippen molar-refractivity contribution in [3.05, 3.63) is 58.3 Å². The third kappa shape index (κ3) is 3.72. The van der Waals surface area contributed by atoms with E-state index < -0.39 is 0 Å². The van der Waals surface area contributed by atoms with Crippen molar-refractivity contribution in [1.29, 1.82) is 5.26 Å². The Bertz CT molecular complexity index is 1010. The van der Waals surface area contributed by atoms with Crippen LogP contribution in [0.25, 0.3) is 5.65 Å². The van der Waals surface area contributed by atoms with Gasteiger partial charge in [-0.2, -0.15) is 10.4 Å². The minimum absolute atomic E-state index is 0.0224. The number of carbonyl (C=O) groups is 1. The zero-order chi connectivity index (χ0) is 18.7. The molecule has 0 N–H and O–H groups in total. The quantitative estimate of drug-likeness (QED) is 0.663. The molecule has 0 aliphatic heterocycles. The van der Waals surface area contributed by atoms with Crippen molar-refractivity contribution in [1.82, 2.24) is 19.6 Å². The number of halogens is 1. The lowest BCUT2D eigenvalue weighted by molar-refractivity contribution is -0.117. The van der Waals surface area contributed by atoms with Crippen LogP contribution in [-0.2, 0) is 22.4 Å². The van der Waals surface area contributed by atoms with Crippen molar-refractivity contribution in [2.75, 3.05) is 7.11 Å². The summed E-state index contributed by atoms with van der Waals surface area (Å²) in [6.07, 6.45) is 4.77. The molecule has 3 heterocycles. The fourth-order valence-corrected chi connectivity index (χ4v) is 2.96. The molecule has 7 nitrogen and oxygen atoms in total. The van der Waals surface area contributed by atoms with Crippen molar-refractivity contribution < 1.29 is 9.53 Å². The van der Waals surface area contributed by atoms with Gasteiger partial charge in [0.15, 0.2) is 10.8 Å². The second-order valence-corrected chi connectivity index (χ2v) is 6.26. The molecule has 0 bridgehead atoms. The summed E-state index contributed by atoms with van der Waals surface area (Å²) < 4.78 is 7.04. The van der Waals surface area contributed by atoms with Crippen molar-refractivity contribution in [2.45, 2.75) is 25.9 Å². The number of Topliss-reactive ketones (excluding diaryl/α,β-unsaturated/α-hetero) is 1. The van der Waals surface area contributed by atoms with Crippen LogP contribution in [0, 0.1) is 11.3 Å². The van der Waals surface area contributed by atoms with Crippen LogP contribution < -0.4 is 0 Å². The average Bonchev–Trinajstić information content (AvgIpc) is 3.01. The molecule has 0 fully saturated rings. The van der Waals surface area contributed by atoms with E-state index in [1.54, 1.807) is 36.2 Å². The van der Waals surface area contributed by atoms with Gasteiger partial charge in [0.1, 0.15) is 11.9 Å². The average molecular weight is 370 g/mol. The van der Waals surface area contributed by atoms with Crippen molar-refractivity contribution in [3.8, 4) is 6.07 Å². The number of aromatic nitrogens is 4. The summed E-state index contributed by atoms with van der Waals surface area (Å²) in [6.45, 7) is 1.87. The number of ketones is 1. The van der Waals surface area contributed by atoms with Gasteiger partial charge in [-0.3, -0.25) is 9.78 Å². The van der Waals surface area contributed by atoms with Gasteiger partial charge in [-0.05, 0) is 18.6 Å². The van der Waals surface area contributed by atoms with Crippen LogP contribution in [0.1, 0.15) is 35.4 Å². The van der Waals surface area contributed by atoms with Crippen LogP contribution in [0.3, 0.4) is 0 Å². The highest BCUT2D eigenvalue weighted by Gasteiger charge is 2.19. The minimum Gasteiger partial charge on any atom is -0.375 e. The van der Waals surface area contributed by atoms with E-state index in [2.05, 4.69) is 15.1 Å². The molecule has 0 spiro atoms. The second-order valence-electron chi connectivity index (χ2n) is 5.87. The van der Waals surface area contributed by atoms with Crippen LogP contribution in [0.15, 0.2) is 30.7 Å². The molecule has 0 unspecified atom stereocenters. The van der Waals surface area contributed by atoms with Crippen LogP contribution in [0.5, 0.6) is 0 Å². The number of nitriles is 1. The molecular formula is C18H16ClN5O2. The number of methoxy groups -OCH3 is 1. The highest BCUT2D eigenvalue weighted by molar-refractivity contribution is 6.29. The van der Waals surface area contributed by atoms with Crippen LogP contribution in [0.4, 0.5) is 0 Å². The summed E-state index contributed by atoms with van der Waals surface area (Å²) in [5.74, 6) is -0.0224. The summed E-state index contributed by atoms with van der Waals surface area (Å²) in [4.78, 5) is 20.9. The van der Waals surface area contributed by atoms with E-state index in [0.717, 1.165) is 11.3 Å². The van der Waals surface area contributed by atoms with Gasteiger partial charge in [-0.1, -0.05) is 11.6 Å². The minimum atomic E-state index is -0.289. The molecular weight excluding hydrogens is 354 g/mol. The number of fused-ring (bicyclic) bond motifs is 1. The standard InChI is InChI=1S/C18H16ClN5O2/c1-11(26-2)18-14(10-22-17-6-16(19)23-24(17)18)5-15(25)4-12-3-13(7-20)9-21-8-12/h3,6,8-11H,4-5H2,1-2H3/t11-/m0/s1. The Balaban J connectivity index is 1.90. The molecule has 0 radical (unpaired) electrons. The van der Waals surface area contributed by atoms with Gasteiger partial charge in [-0.25, -0.2) is 9.50 Å². The fourth-order valence-electron chi connectivity index (χ4n) is 2.79. The Kier molecular flexibility index (Phi) is 5.26. The topological polar surface area (TPSA) is 93.2 Å². The molecule has 0 aromatic carbocycles. The monoisotopic (exact) mass is 369 g/mol. The number of hydrogen-bond donors (Lipinski definition) is 0. The van der Waals surface area contributed by atoms with Crippen molar-refractivity contribution >= 4 is 23.0 Å². The first-order valence-corrected chi connectivity index (χ1v) is 8.31. The number of rotatable bonds is 6. The first-order valence-electron chi connectivity index (χ1n) is 7.93. The van der Waals surface area contributed by atoms with E-state index in [-0.39, 0.29) is 24.7 Å². The normalized spacial score (nSPS) is 12.1. The Morgan fingerprint density at radius 2 is 2.15 bits per heavy atom. The molecule has 1 atom stereocenters. The number of carbonyl (C=O) groups excluding carboxylic acids is 1. The fraction of sp³-hybridized carbons (Fsp3) is 0.278. The van der Waals surface area contributed by atoms with Crippen molar-refractivity contribution in [2.24, 2.45) is 0 Å². The van der Waals surface area contributed by atoms with Gasteiger partial charge >= 0.3 is 0 Å². The maximum absolute atomic E-state index is 12.6. The molecule has 0 amide bonds. The molecule has 0 saturated carbocycles. The van der Waals surface area contributed by atoms with Crippen LogP contribution in [-0.4, -0.2) is 32.5 Å². The summed E-state index contributed by atoms with van der Waals surface area (Å²) in [7, 11) is 1.59. The smallest absolute Gasteiger partial charge is 0.156 e. The summed E-state index contributed by atoms with van der Waals surface area (Å²) >= 11 is 5.98. The zero-order valence-electron chi connectivity index (χ0n) is 14.3. The SMILES string of the molecule is CO[C@@H](C)c1c(CC(=O)Cc2cncc(C#N)c2)cnc2cc(Cl)nn12. The Labute approximate surface area is 155 Å². The van der Waals surface area contributed by atoms with Crippen LogP contribution >= 0.6 is 11.6 Å². The molecule has 132 valence electrons. The summed E-state index contributed by atoms with van der Waals surface area (Å²) in [6, 6.07) is 5.34. The Morgan fingerprint density at radius 3 is 2.88 bits per heavy atom. The lowest BCUT2D eigenvalue weighted by Gasteiger charge is -2.16. The second kappa shape index (κ2) is 7.60. The maximum Gasteiger partial charge on any atom is 0.156 e. The maximum atomic E-state index is 12.6. The van der Waals surface area contributed by atoms with Gasteiger partial charge in [-0.15, -0.1) is 0 Å². The molecule has 3 aromatic rings. The van der Waals surface area contributed by atoms with E-state index in [0.29, 0.717) is 21.9 Å². The third-order valence-corrected chi connectivity index (χ3v) is 4.21. The van der Waals surface area contributed by atoms with Crippen molar-refractivity contribution in [3.63, 3.8) is 0 Å². The molecule has 3 rings (SSSR count).